The summed E-state index contributed by atoms with van der Waals surface area (Å²) in [5, 5.41) is 0. The van der Waals surface area contributed by atoms with Gasteiger partial charge >= 0.3 is 0 Å². The van der Waals surface area contributed by atoms with Gasteiger partial charge in [-0.2, -0.15) is 0 Å². The number of hydrogen-bond donors (Lipinski definition) is 0. The molecule has 0 heterocycles. The average molecular weight is 606 g/mol. The van der Waals surface area contributed by atoms with Crippen LogP contribution in [0.2, 0.25) is 0 Å². The first kappa shape index (κ1) is 43.0. The molecule has 0 bridgehead atoms. The Balaban J connectivity index is 4.53. The van der Waals surface area contributed by atoms with Gasteiger partial charge in [0.15, 0.2) is 0 Å². The van der Waals surface area contributed by atoms with Crippen molar-refractivity contribution in [2.45, 2.75) is 265 Å². The maximum atomic E-state index is 2.98. The molecule has 1 nitrogen and oxygen atoms in total. The van der Waals surface area contributed by atoms with E-state index in [4.69, 9.17) is 0 Å². The fourth-order valence-electron chi connectivity index (χ4n) is 7.54. The van der Waals surface area contributed by atoms with Crippen molar-refractivity contribution in [2.24, 2.45) is 0 Å². The van der Waals surface area contributed by atoms with Crippen molar-refractivity contribution in [1.29, 1.82) is 0 Å². The van der Waals surface area contributed by atoms with E-state index in [1.807, 2.05) is 0 Å². The third-order valence-electron chi connectivity index (χ3n) is 10.5. The summed E-state index contributed by atoms with van der Waals surface area (Å²) in [6.07, 6.45) is 45.8. The van der Waals surface area contributed by atoms with Gasteiger partial charge in [0, 0.05) is 11.1 Å². The fourth-order valence-corrected chi connectivity index (χ4v) is 7.54. The van der Waals surface area contributed by atoms with E-state index in [2.05, 4.69) is 53.4 Å². The van der Waals surface area contributed by atoms with Crippen LogP contribution in [0.15, 0.2) is 0 Å². The first-order valence-corrected chi connectivity index (χ1v) is 20.6. The predicted octanol–water partition coefficient (Wildman–Crippen LogP) is 15.4. The van der Waals surface area contributed by atoms with Crippen LogP contribution < -0.4 is 0 Å². The van der Waals surface area contributed by atoms with Crippen molar-refractivity contribution in [1.82, 2.24) is 4.90 Å². The zero-order chi connectivity index (χ0) is 31.9. The van der Waals surface area contributed by atoms with Crippen molar-refractivity contribution in [2.75, 3.05) is 6.54 Å². The van der Waals surface area contributed by atoms with Crippen LogP contribution >= 0.6 is 0 Å². The van der Waals surface area contributed by atoms with Crippen LogP contribution in [-0.4, -0.2) is 22.5 Å². The van der Waals surface area contributed by atoms with E-state index >= 15 is 0 Å². The molecule has 43 heavy (non-hydrogen) atoms. The number of rotatable bonds is 35. The molecule has 0 saturated heterocycles. The summed E-state index contributed by atoms with van der Waals surface area (Å²) in [6, 6.07) is 0. The first-order valence-electron chi connectivity index (χ1n) is 20.6. The van der Waals surface area contributed by atoms with Gasteiger partial charge < -0.3 is 0 Å². The summed E-state index contributed by atoms with van der Waals surface area (Å²) in [7, 11) is 0. The van der Waals surface area contributed by atoms with Crippen molar-refractivity contribution in [3.8, 4) is 0 Å². The SMILES string of the molecule is CCCCCCCCCCCCCC(C)(C)N(CCCCCCCCCC)C(C)(C)CCCCCCCCCCCCC. The standard InChI is InChI=1S/C42H87N/c1-8-11-14-17-20-23-25-27-29-32-35-38-41(4,5)43(40-37-34-31-22-19-16-13-10-3)42(6,7)39-36-33-30-28-26-24-21-18-15-12-9-2/h8-40H2,1-7H3. The number of nitrogens with zero attached hydrogens (tertiary/aromatic N) is 1. The molecule has 0 aliphatic carbocycles. The molecule has 0 aliphatic rings. The van der Waals surface area contributed by atoms with Crippen LogP contribution in [0.25, 0.3) is 0 Å². The number of unbranched alkanes of at least 4 members (excludes halogenated alkanes) is 27. The Kier molecular flexibility index (Phi) is 30.6. The van der Waals surface area contributed by atoms with E-state index in [9.17, 15) is 0 Å². The van der Waals surface area contributed by atoms with Crippen LogP contribution in [-0.2, 0) is 0 Å². The van der Waals surface area contributed by atoms with Gasteiger partial charge in [0.1, 0.15) is 0 Å². The average Bonchev–Trinajstić information content (AvgIpc) is 2.97. The second-order valence-corrected chi connectivity index (χ2v) is 15.8. The Hall–Kier alpha value is -0.0400. The molecule has 0 fully saturated rings. The van der Waals surface area contributed by atoms with Crippen molar-refractivity contribution in [3.63, 3.8) is 0 Å². The first-order chi connectivity index (χ1) is 20.8. The quantitative estimate of drug-likeness (QED) is 0.0649. The molecule has 0 spiro atoms. The summed E-state index contributed by atoms with van der Waals surface area (Å²) in [5.74, 6) is 0. The van der Waals surface area contributed by atoms with Crippen molar-refractivity contribution >= 4 is 0 Å². The lowest BCUT2D eigenvalue weighted by atomic mass is 9.85. The van der Waals surface area contributed by atoms with Crippen LogP contribution in [0.1, 0.15) is 254 Å². The molecule has 0 aromatic carbocycles. The Labute approximate surface area is 275 Å². The zero-order valence-electron chi connectivity index (χ0n) is 31.8. The highest BCUT2D eigenvalue weighted by atomic mass is 15.2. The predicted molar refractivity (Wildman–Crippen MR) is 200 cm³/mol. The Morgan fingerprint density at radius 3 is 0.744 bits per heavy atom. The summed E-state index contributed by atoms with van der Waals surface area (Å²) in [5.41, 5.74) is 0.614. The highest BCUT2D eigenvalue weighted by molar-refractivity contribution is 4.92. The van der Waals surface area contributed by atoms with Gasteiger partial charge in [0.05, 0.1) is 0 Å². The molecular weight excluding hydrogens is 518 g/mol. The molecule has 0 aliphatic heterocycles. The molecule has 0 rings (SSSR count). The molecule has 0 amide bonds. The summed E-state index contributed by atoms with van der Waals surface area (Å²) >= 11 is 0. The third-order valence-corrected chi connectivity index (χ3v) is 10.5. The maximum Gasteiger partial charge on any atom is 0.0158 e. The highest BCUT2D eigenvalue weighted by Crippen LogP contribution is 2.34. The largest absolute Gasteiger partial charge is 0.293 e. The molecule has 0 saturated carbocycles. The zero-order valence-corrected chi connectivity index (χ0v) is 31.8. The summed E-state index contributed by atoms with van der Waals surface area (Å²) < 4.78 is 0. The molecule has 260 valence electrons. The Bertz CT molecular complexity index is 497. The summed E-state index contributed by atoms with van der Waals surface area (Å²) in [4.78, 5) is 2.98. The molecular formula is C42H87N. The maximum absolute atomic E-state index is 2.98. The van der Waals surface area contributed by atoms with E-state index in [-0.39, 0.29) is 0 Å². The van der Waals surface area contributed by atoms with Crippen molar-refractivity contribution < 1.29 is 0 Å². The molecule has 0 aromatic rings. The van der Waals surface area contributed by atoms with E-state index in [0.717, 1.165) is 0 Å². The van der Waals surface area contributed by atoms with E-state index < -0.39 is 0 Å². The van der Waals surface area contributed by atoms with E-state index in [1.54, 1.807) is 0 Å². The van der Waals surface area contributed by atoms with Crippen LogP contribution in [0.3, 0.4) is 0 Å². The van der Waals surface area contributed by atoms with E-state index in [0.29, 0.717) is 11.1 Å². The summed E-state index contributed by atoms with van der Waals surface area (Å²) in [6.45, 7) is 18.6. The molecule has 0 atom stereocenters. The fraction of sp³-hybridized carbons (Fsp3) is 1.00. The van der Waals surface area contributed by atoms with Crippen LogP contribution in [0.5, 0.6) is 0 Å². The highest BCUT2D eigenvalue weighted by Gasteiger charge is 2.36. The molecule has 1 heteroatoms. The lowest BCUT2D eigenvalue weighted by Crippen LogP contribution is -2.55. The van der Waals surface area contributed by atoms with Gasteiger partial charge in [0.25, 0.3) is 0 Å². The Morgan fingerprint density at radius 2 is 0.488 bits per heavy atom. The van der Waals surface area contributed by atoms with Crippen LogP contribution in [0.4, 0.5) is 0 Å². The van der Waals surface area contributed by atoms with Gasteiger partial charge in [-0.15, -0.1) is 0 Å². The van der Waals surface area contributed by atoms with Gasteiger partial charge in [-0.05, 0) is 53.5 Å². The van der Waals surface area contributed by atoms with Gasteiger partial charge in [0.2, 0.25) is 0 Å². The minimum absolute atomic E-state index is 0.307. The smallest absolute Gasteiger partial charge is 0.0158 e. The van der Waals surface area contributed by atoms with Gasteiger partial charge in [-0.25, -0.2) is 0 Å². The van der Waals surface area contributed by atoms with Gasteiger partial charge in [-0.1, -0.05) is 207 Å². The second kappa shape index (κ2) is 30.6. The lowest BCUT2D eigenvalue weighted by Gasteiger charge is -2.49. The molecule has 0 unspecified atom stereocenters. The Morgan fingerprint density at radius 1 is 0.279 bits per heavy atom. The normalized spacial score (nSPS) is 12.6. The van der Waals surface area contributed by atoms with E-state index in [1.165, 1.54) is 212 Å². The molecule has 0 aromatic heterocycles. The molecule has 0 N–H and O–H groups in total. The van der Waals surface area contributed by atoms with Crippen molar-refractivity contribution in [3.05, 3.63) is 0 Å². The minimum atomic E-state index is 0.307. The topological polar surface area (TPSA) is 3.24 Å². The lowest BCUT2D eigenvalue weighted by molar-refractivity contribution is 0.00151. The third kappa shape index (κ3) is 26.8. The minimum Gasteiger partial charge on any atom is -0.293 e. The van der Waals surface area contributed by atoms with Crippen LogP contribution in [0, 0.1) is 0 Å². The second-order valence-electron chi connectivity index (χ2n) is 15.8. The number of hydrogen-bond acceptors (Lipinski definition) is 1. The molecule has 0 radical (unpaired) electrons. The van der Waals surface area contributed by atoms with Gasteiger partial charge in [-0.3, -0.25) is 4.90 Å². The monoisotopic (exact) mass is 606 g/mol.